The summed E-state index contributed by atoms with van der Waals surface area (Å²) in [5, 5.41) is 1.71. The quantitative estimate of drug-likeness (QED) is 0.723. The number of nitrogens with one attached hydrogen (secondary N) is 1. The summed E-state index contributed by atoms with van der Waals surface area (Å²) < 4.78 is 62.1. The number of sulfone groups is 1. The van der Waals surface area contributed by atoms with Crippen LogP contribution in [0.3, 0.4) is 0 Å². The molecule has 11 heteroatoms. The summed E-state index contributed by atoms with van der Waals surface area (Å²) >= 11 is 5.50. The van der Waals surface area contributed by atoms with Crippen LogP contribution in [0.2, 0.25) is 5.02 Å². The molecule has 0 aliphatic rings. The summed E-state index contributed by atoms with van der Waals surface area (Å²) in [4.78, 5) is 24.8. The van der Waals surface area contributed by atoms with Crippen molar-refractivity contribution < 1.29 is 31.2 Å². The highest BCUT2D eigenvalue weighted by Gasteiger charge is 2.33. The summed E-state index contributed by atoms with van der Waals surface area (Å²) in [6.07, 6.45) is -4.69. The fourth-order valence-corrected chi connectivity index (χ4v) is 4.14. The van der Waals surface area contributed by atoms with Gasteiger partial charge in [-0.25, -0.2) is 8.42 Å². The lowest BCUT2D eigenvalue weighted by molar-refractivity contribution is -0.137. The van der Waals surface area contributed by atoms with E-state index in [4.69, 9.17) is 11.6 Å². The van der Waals surface area contributed by atoms with Gasteiger partial charge in [-0.1, -0.05) is 25.4 Å². The highest BCUT2D eigenvalue weighted by molar-refractivity contribution is 7.92. The molecular formula is C16H20ClF3N2O4S. The molecule has 0 aliphatic heterocycles. The highest BCUT2D eigenvalue weighted by atomic mass is 35.5. The van der Waals surface area contributed by atoms with Crippen molar-refractivity contribution in [1.29, 1.82) is 0 Å². The first-order chi connectivity index (χ1) is 12.2. The van der Waals surface area contributed by atoms with Crippen LogP contribution >= 0.6 is 11.6 Å². The second kappa shape index (κ2) is 8.92. The van der Waals surface area contributed by atoms with Crippen LogP contribution in [0.1, 0.15) is 19.4 Å². The normalized spacial score (nSPS) is 12.1. The van der Waals surface area contributed by atoms with Gasteiger partial charge in [-0.3, -0.25) is 9.59 Å². The molecule has 0 heterocycles. The van der Waals surface area contributed by atoms with E-state index in [-0.39, 0.29) is 17.4 Å². The number of halogens is 4. The summed E-state index contributed by atoms with van der Waals surface area (Å²) in [6.45, 7) is 2.88. The van der Waals surface area contributed by atoms with E-state index in [9.17, 15) is 31.2 Å². The number of nitrogens with zero attached hydrogens (tertiary/aromatic N) is 1. The number of benzene rings is 1. The molecule has 0 bridgehead atoms. The lowest BCUT2D eigenvalue weighted by Gasteiger charge is -2.18. The molecule has 0 saturated carbocycles. The Morgan fingerprint density at radius 3 is 2.37 bits per heavy atom. The number of carbonyl (C=O) groups excluding carboxylic acids is 2. The van der Waals surface area contributed by atoms with Crippen molar-refractivity contribution in [2.75, 3.05) is 30.4 Å². The number of alkyl halides is 3. The summed E-state index contributed by atoms with van der Waals surface area (Å²) in [5.74, 6) is -2.61. The zero-order valence-electron chi connectivity index (χ0n) is 14.9. The maximum atomic E-state index is 12.8. The number of hydrogen-bond donors (Lipinski definition) is 1. The van der Waals surface area contributed by atoms with Crippen LogP contribution in [-0.2, 0) is 25.6 Å². The Kier molecular flexibility index (Phi) is 7.67. The predicted molar refractivity (Wildman–Crippen MR) is 96.2 cm³/mol. The molecule has 1 rings (SSSR count). The standard InChI is InChI=1S/C16H20ClF3N2O4S/c1-10(2)8-27(25,26)9-15(24)22(3)7-14(23)21-11-4-5-13(17)12(6-11)16(18,19)20/h4-6,10H,7-9H2,1-3H3,(H,21,23). The van der Waals surface area contributed by atoms with E-state index in [1.165, 1.54) is 13.1 Å². The van der Waals surface area contributed by atoms with E-state index in [1.807, 2.05) is 0 Å². The predicted octanol–water partition coefficient (Wildman–Crippen LogP) is 2.83. The molecule has 0 saturated heterocycles. The minimum absolute atomic E-state index is 0.148. The van der Waals surface area contributed by atoms with E-state index in [2.05, 4.69) is 5.32 Å². The lowest BCUT2D eigenvalue weighted by atomic mass is 10.2. The van der Waals surface area contributed by atoms with Crippen LogP contribution < -0.4 is 5.32 Å². The Hall–Kier alpha value is -1.81. The smallest absolute Gasteiger partial charge is 0.336 e. The van der Waals surface area contributed by atoms with Crippen LogP contribution in [0, 0.1) is 5.92 Å². The maximum absolute atomic E-state index is 12.8. The first-order valence-corrected chi connectivity index (χ1v) is 10.0. The molecule has 1 N–H and O–H groups in total. The Morgan fingerprint density at radius 1 is 1.26 bits per heavy atom. The van der Waals surface area contributed by atoms with Gasteiger partial charge in [0.15, 0.2) is 9.84 Å². The molecule has 1 aromatic rings. The molecular weight excluding hydrogens is 409 g/mol. The number of anilines is 1. The molecule has 152 valence electrons. The first-order valence-electron chi connectivity index (χ1n) is 7.82. The maximum Gasteiger partial charge on any atom is 0.417 e. The Morgan fingerprint density at radius 2 is 1.85 bits per heavy atom. The van der Waals surface area contributed by atoms with Crippen LogP contribution in [0.15, 0.2) is 18.2 Å². The fraction of sp³-hybridized carbons (Fsp3) is 0.500. The molecule has 6 nitrogen and oxygen atoms in total. The number of amides is 2. The molecule has 0 aliphatic carbocycles. The van der Waals surface area contributed by atoms with Crippen molar-refractivity contribution in [1.82, 2.24) is 4.90 Å². The van der Waals surface area contributed by atoms with Gasteiger partial charge in [0, 0.05) is 12.7 Å². The van der Waals surface area contributed by atoms with Crippen LogP contribution in [0.5, 0.6) is 0 Å². The minimum atomic E-state index is -4.69. The largest absolute Gasteiger partial charge is 0.417 e. The molecule has 0 aromatic heterocycles. The topological polar surface area (TPSA) is 83.6 Å². The molecule has 0 unspecified atom stereocenters. The Labute approximate surface area is 160 Å². The first kappa shape index (κ1) is 23.2. The Balaban J connectivity index is 2.73. The second-order valence-corrected chi connectivity index (χ2v) is 8.96. The molecule has 0 radical (unpaired) electrons. The van der Waals surface area contributed by atoms with E-state index >= 15 is 0 Å². The third kappa shape index (κ3) is 7.76. The zero-order valence-corrected chi connectivity index (χ0v) is 16.5. The number of carbonyl (C=O) groups is 2. The molecule has 1 aromatic carbocycles. The molecule has 0 spiro atoms. The number of hydrogen-bond acceptors (Lipinski definition) is 4. The summed E-state index contributed by atoms with van der Waals surface area (Å²) in [5.41, 5.74) is -1.25. The lowest BCUT2D eigenvalue weighted by Crippen LogP contribution is -2.39. The monoisotopic (exact) mass is 428 g/mol. The van der Waals surface area contributed by atoms with Gasteiger partial charge in [0.05, 0.1) is 22.9 Å². The van der Waals surface area contributed by atoms with Gasteiger partial charge in [0.2, 0.25) is 11.8 Å². The van der Waals surface area contributed by atoms with Crippen molar-refractivity contribution >= 4 is 38.9 Å². The summed E-state index contributed by atoms with van der Waals surface area (Å²) in [6, 6.07) is 2.85. The van der Waals surface area contributed by atoms with Crippen molar-refractivity contribution in [3.05, 3.63) is 28.8 Å². The molecule has 0 atom stereocenters. The average molecular weight is 429 g/mol. The third-order valence-corrected chi connectivity index (χ3v) is 5.48. The summed E-state index contributed by atoms with van der Waals surface area (Å²) in [7, 11) is -2.38. The van der Waals surface area contributed by atoms with Crippen LogP contribution in [0.4, 0.5) is 18.9 Å². The Bertz CT molecular complexity index is 810. The van der Waals surface area contributed by atoms with Gasteiger partial charge >= 0.3 is 6.18 Å². The van der Waals surface area contributed by atoms with Crippen LogP contribution in [-0.4, -0.2) is 50.2 Å². The third-order valence-electron chi connectivity index (χ3n) is 3.29. The number of rotatable bonds is 7. The van der Waals surface area contributed by atoms with Gasteiger partial charge in [-0.05, 0) is 24.1 Å². The van der Waals surface area contributed by atoms with Gasteiger partial charge in [0.25, 0.3) is 0 Å². The van der Waals surface area contributed by atoms with Crippen molar-refractivity contribution in [2.45, 2.75) is 20.0 Å². The van der Waals surface area contributed by atoms with Crippen LogP contribution in [0.25, 0.3) is 0 Å². The van der Waals surface area contributed by atoms with E-state index in [0.717, 1.165) is 11.0 Å². The van der Waals surface area contributed by atoms with Gasteiger partial charge in [-0.15, -0.1) is 0 Å². The molecule has 2 amide bonds. The van der Waals surface area contributed by atoms with Gasteiger partial charge in [-0.2, -0.15) is 13.2 Å². The SMILES string of the molecule is CC(C)CS(=O)(=O)CC(=O)N(C)CC(=O)Nc1ccc(Cl)c(C(F)(F)F)c1. The average Bonchev–Trinajstić information content (AvgIpc) is 2.45. The minimum Gasteiger partial charge on any atom is -0.336 e. The van der Waals surface area contributed by atoms with Gasteiger partial charge in [0.1, 0.15) is 5.75 Å². The molecule has 0 fully saturated rings. The second-order valence-electron chi connectivity index (χ2n) is 6.44. The van der Waals surface area contributed by atoms with Crippen molar-refractivity contribution in [2.24, 2.45) is 5.92 Å². The molecule has 27 heavy (non-hydrogen) atoms. The van der Waals surface area contributed by atoms with E-state index < -0.39 is 50.7 Å². The van der Waals surface area contributed by atoms with E-state index in [0.29, 0.717) is 6.07 Å². The highest BCUT2D eigenvalue weighted by Crippen LogP contribution is 2.36. The van der Waals surface area contributed by atoms with Crippen molar-refractivity contribution in [3.8, 4) is 0 Å². The number of likely N-dealkylation sites (N-methyl/N-ethyl adjacent to an activating group) is 1. The zero-order chi connectivity index (χ0) is 21.0. The van der Waals surface area contributed by atoms with Gasteiger partial charge < -0.3 is 10.2 Å². The van der Waals surface area contributed by atoms with Crippen molar-refractivity contribution in [3.63, 3.8) is 0 Å². The fourth-order valence-electron chi connectivity index (χ4n) is 2.19. The van der Waals surface area contributed by atoms with E-state index in [1.54, 1.807) is 13.8 Å².